The highest BCUT2D eigenvalue weighted by Gasteiger charge is 2.10. The lowest BCUT2D eigenvalue weighted by Gasteiger charge is -2.07. The Labute approximate surface area is 116 Å². The second-order valence-corrected chi connectivity index (χ2v) is 4.30. The summed E-state index contributed by atoms with van der Waals surface area (Å²) in [4.78, 5) is 33.1. The van der Waals surface area contributed by atoms with Crippen molar-refractivity contribution in [3.05, 3.63) is 58.0 Å². The van der Waals surface area contributed by atoms with Gasteiger partial charge in [-0.25, -0.2) is 9.78 Å². The molecule has 0 saturated carbocycles. The molecule has 0 saturated heterocycles. The van der Waals surface area contributed by atoms with Crippen LogP contribution in [0.25, 0.3) is 0 Å². The lowest BCUT2D eigenvalue weighted by molar-refractivity contribution is 0.0948. The number of carbonyl (C=O) groups is 1. The van der Waals surface area contributed by atoms with Gasteiger partial charge in [-0.15, -0.1) is 0 Å². The molecule has 6 heteroatoms. The zero-order chi connectivity index (χ0) is 14.4. The molecule has 0 aliphatic carbocycles. The van der Waals surface area contributed by atoms with Crippen molar-refractivity contribution in [3.8, 4) is 0 Å². The van der Waals surface area contributed by atoms with Crippen LogP contribution in [0.15, 0.2) is 35.5 Å². The summed E-state index contributed by atoms with van der Waals surface area (Å²) in [5.74, 6) is -0.181. The van der Waals surface area contributed by atoms with E-state index < -0.39 is 0 Å². The van der Waals surface area contributed by atoms with Crippen LogP contribution in [0.2, 0.25) is 0 Å². The highest BCUT2D eigenvalue weighted by atomic mass is 16.2. The third-order valence-electron chi connectivity index (χ3n) is 2.92. The maximum absolute atomic E-state index is 12.0. The van der Waals surface area contributed by atoms with Crippen LogP contribution in [0.1, 0.15) is 28.5 Å². The van der Waals surface area contributed by atoms with Gasteiger partial charge in [0, 0.05) is 25.1 Å². The van der Waals surface area contributed by atoms with Crippen LogP contribution in [0.5, 0.6) is 0 Å². The van der Waals surface area contributed by atoms with Crippen molar-refractivity contribution >= 4 is 5.91 Å². The molecule has 0 aliphatic heterocycles. The number of aromatic nitrogens is 3. The zero-order valence-electron chi connectivity index (χ0n) is 11.2. The maximum Gasteiger partial charge on any atom is 0.344 e. The van der Waals surface area contributed by atoms with E-state index in [9.17, 15) is 9.59 Å². The largest absolute Gasteiger partial charge is 0.350 e. The normalized spacial score (nSPS) is 10.2. The van der Waals surface area contributed by atoms with Gasteiger partial charge in [-0.1, -0.05) is 13.0 Å². The zero-order valence-corrected chi connectivity index (χ0v) is 11.2. The number of nitrogens with zero attached hydrogens (tertiary/aromatic N) is 2. The molecule has 0 aromatic carbocycles. The molecule has 0 fully saturated rings. The van der Waals surface area contributed by atoms with Gasteiger partial charge in [0.25, 0.3) is 5.91 Å². The van der Waals surface area contributed by atoms with Crippen LogP contribution in [0, 0.1) is 0 Å². The topological polar surface area (TPSA) is 87.7 Å². The van der Waals surface area contributed by atoms with Crippen molar-refractivity contribution in [2.75, 3.05) is 6.54 Å². The van der Waals surface area contributed by atoms with E-state index in [0.29, 0.717) is 18.7 Å². The van der Waals surface area contributed by atoms with Gasteiger partial charge in [-0.3, -0.25) is 9.78 Å². The van der Waals surface area contributed by atoms with Crippen molar-refractivity contribution in [2.45, 2.75) is 19.8 Å². The molecule has 6 nitrogen and oxygen atoms in total. The van der Waals surface area contributed by atoms with Crippen LogP contribution in [-0.2, 0) is 12.8 Å². The van der Waals surface area contributed by atoms with Crippen LogP contribution in [0.4, 0.5) is 0 Å². The Hall–Kier alpha value is -2.50. The predicted molar refractivity (Wildman–Crippen MR) is 74.5 cm³/mol. The monoisotopic (exact) mass is 272 g/mol. The number of carbonyl (C=O) groups excluding carboxylic acids is 1. The van der Waals surface area contributed by atoms with Crippen LogP contribution >= 0.6 is 0 Å². The second-order valence-electron chi connectivity index (χ2n) is 4.30. The molecule has 2 N–H and O–H groups in total. The summed E-state index contributed by atoms with van der Waals surface area (Å²) in [6.07, 6.45) is 6.08. The first-order valence-electron chi connectivity index (χ1n) is 6.46. The van der Waals surface area contributed by atoms with Crippen LogP contribution in [0.3, 0.4) is 0 Å². The molecule has 2 rings (SSSR count). The molecule has 20 heavy (non-hydrogen) atoms. The Morgan fingerprint density at radius 3 is 2.95 bits per heavy atom. The molecule has 0 radical (unpaired) electrons. The van der Waals surface area contributed by atoms with Crippen LogP contribution in [-0.4, -0.2) is 27.4 Å². The van der Waals surface area contributed by atoms with Crippen LogP contribution < -0.4 is 11.0 Å². The molecule has 0 aliphatic rings. The maximum atomic E-state index is 12.0. The van der Waals surface area contributed by atoms with Crippen molar-refractivity contribution in [1.82, 2.24) is 20.3 Å². The number of rotatable bonds is 5. The van der Waals surface area contributed by atoms with Gasteiger partial charge in [-0.2, -0.15) is 0 Å². The molecule has 2 aromatic rings. The van der Waals surface area contributed by atoms with Gasteiger partial charge < -0.3 is 10.3 Å². The fourth-order valence-corrected chi connectivity index (χ4v) is 1.84. The minimum Gasteiger partial charge on any atom is -0.350 e. The fourth-order valence-electron chi connectivity index (χ4n) is 1.84. The third-order valence-corrected chi connectivity index (χ3v) is 2.92. The minimum absolute atomic E-state index is 0.181. The predicted octanol–water partition coefficient (Wildman–Crippen LogP) is 0.700. The number of pyridine rings is 1. The van der Waals surface area contributed by atoms with E-state index >= 15 is 0 Å². The standard InChI is InChI=1S/C14H16N4O2/c1-2-11-4-3-6-15-12(11)13(19)16-7-5-10-8-17-14(20)18-9-10/h3-4,6,8-9H,2,5,7H2,1H3,(H,16,19)(H,17,18,20). The smallest absolute Gasteiger partial charge is 0.344 e. The average molecular weight is 272 g/mol. The molecule has 0 atom stereocenters. The van der Waals surface area contributed by atoms with Crippen molar-refractivity contribution in [1.29, 1.82) is 0 Å². The fraction of sp³-hybridized carbons (Fsp3) is 0.286. The summed E-state index contributed by atoms with van der Waals surface area (Å²) < 4.78 is 0. The molecular weight excluding hydrogens is 256 g/mol. The first-order valence-corrected chi connectivity index (χ1v) is 6.46. The number of H-pyrrole nitrogens is 1. The molecule has 0 bridgehead atoms. The SMILES string of the molecule is CCc1cccnc1C(=O)NCCc1cnc(=O)[nH]c1. The summed E-state index contributed by atoms with van der Waals surface area (Å²) >= 11 is 0. The van der Waals surface area contributed by atoms with E-state index in [1.165, 1.54) is 6.20 Å². The summed E-state index contributed by atoms with van der Waals surface area (Å²) in [6.45, 7) is 2.45. The van der Waals surface area contributed by atoms with E-state index in [1.807, 2.05) is 19.1 Å². The summed E-state index contributed by atoms with van der Waals surface area (Å²) in [5, 5.41) is 2.82. The highest BCUT2D eigenvalue weighted by molar-refractivity contribution is 5.93. The Balaban J connectivity index is 1.92. The van der Waals surface area contributed by atoms with Crippen molar-refractivity contribution in [3.63, 3.8) is 0 Å². The van der Waals surface area contributed by atoms with Gasteiger partial charge in [0.15, 0.2) is 0 Å². The Morgan fingerprint density at radius 2 is 2.25 bits per heavy atom. The van der Waals surface area contributed by atoms with Gasteiger partial charge in [0.05, 0.1) is 0 Å². The van der Waals surface area contributed by atoms with E-state index in [-0.39, 0.29) is 11.6 Å². The summed E-state index contributed by atoms with van der Waals surface area (Å²) in [7, 11) is 0. The van der Waals surface area contributed by atoms with Crippen molar-refractivity contribution in [2.24, 2.45) is 0 Å². The average Bonchev–Trinajstić information content (AvgIpc) is 2.49. The molecule has 2 heterocycles. The Morgan fingerprint density at radius 1 is 1.40 bits per heavy atom. The number of nitrogens with one attached hydrogen (secondary N) is 2. The number of amides is 1. The Kier molecular flexibility index (Phi) is 4.60. The highest BCUT2D eigenvalue weighted by Crippen LogP contribution is 2.05. The van der Waals surface area contributed by atoms with Gasteiger partial charge in [0.2, 0.25) is 0 Å². The molecule has 104 valence electrons. The first kappa shape index (κ1) is 13.9. The van der Waals surface area contributed by atoms with Gasteiger partial charge in [-0.05, 0) is 30.0 Å². The minimum atomic E-state index is -0.376. The summed E-state index contributed by atoms with van der Waals surface area (Å²) in [5.41, 5.74) is 1.88. The number of aromatic amines is 1. The van der Waals surface area contributed by atoms with Gasteiger partial charge in [0.1, 0.15) is 5.69 Å². The van der Waals surface area contributed by atoms with E-state index in [0.717, 1.165) is 17.5 Å². The Bertz CT molecular complexity index is 631. The molecule has 0 spiro atoms. The number of hydrogen-bond donors (Lipinski definition) is 2. The lowest BCUT2D eigenvalue weighted by atomic mass is 10.1. The van der Waals surface area contributed by atoms with Gasteiger partial charge >= 0.3 is 5.69 Å². The number of hydrogen-bond acceptors (Lipinski definition) is 4. The summed E-state index contributed by atoms with van der Waals surface area (Å²) in [6, 6.07) is 3.72. The third kappa shape index (κ3) is 3.50. The first-order chi connectivity index (χ1) is 9.70. The quantitative estimate of drug-likeness (QED) is 0.838. The number of aryl methyl sites for hydroxylation is 1. The molecule has 2 aromatic heterocycles. The van der Waals surface area contributed by atoms with E-state index in [2.05, 4.69) is 20.3 Å². The van der Waals surface area contributed by atoms with Crippen molar-refractivity contribution < 1.29 is 4.79 Å². The molecule has 0 unspecified atom stereocenters. The van der Waals surface area contributed by atoms with E-state index in [1.54, 1.807) is 12.4 Å². The molecule has 1 amide bonds. The lowest BCUT2D eigenvalue weighted by Crippen LogP contribution is -2.27. The second kappa shape index (κ2) is 6.60. The van der Waals surface area contributed by atoms with E-state index in [4.69, 9.17) is 0 Å². The molecular formula is C14H16N4O2.